The summed E-state index contributed by atoms with van der Waals surface area (Å²) in [4.78, 5) is 16.8. The van der Waals surface area contributed by atoms with Crippen LogP contribution in [0.2, 0.25) is 0 Å². The Morgan fingerprint density at radius 3 is 2.80 bits per heavy atom. The van der Waals surface area contributed by atoms with Crippen LogP contribution in [0.1, 0.15) is 74.3 Å². The van der Waals surface area contributed by atoms with Crippen LogP contribution in [0.4, 0.5) is 0 Å². The summed E-state index contributed by atoms with van der Waals surface area (Å²) in [5.74, 6) is 0.517. The van der Waals surface area contributed by atoms with Gasteiger partial charge in [0.2, 0.25) is 0 Å². The van der Waals surface area contributed by atoms with Crippen LogP contribution in [-0.2, 0) is 6.54 Å². The van der Waals surface area contributed by atoms with Gasteiger partial charge < -0.3 is 11.1 Å². The fraction of sp³-hybridized carbons (Fsp3) is 0.688. The highest BCUT2D eigenvalue weighted by atomic mass is 16.2. The second kappa shape index (κ2) is 7.73. The molecule has 0 aliphatic heterocycles. The van der Waals surface area contributed by atoms with Gasteiger partial charge in [-0.15, -0.1) is 5.10 Å². The fourth-order valence-corrected chi connectivity index (χ4v) is 3.29. The SMILES string of the molecule is CC[C@@H](NC(=O)c1cn(C2CCC(N)CC2)nn1)c1ncnn1CC. The normalized spacial score (nSPS) is 21.9. The van der Waals surface area contributed by atoms with Crippen molar-refractivity contribution in [2.75, 3.05) is 0 Å². The average molecular weight is 346 g/mol. The summed E-state index contributed by atoms with van der Waals surface area (Å²) < 4.78 is 3.59. The first-order valence-corrected chi connectivity index (χ1v) is 8.98. The predicted octanol–water partition coefficient (Wildman–Crippen LogP) is 1.21. The Morgan fingerprint density at radius 2 is 2.12 bits per heavy atom. The zero-order valence-corrected chi connectivity index (χ0v) is 14.8. The van der Waals surface area contributed by atoms with Crippen molar-refractivity contribution in [2.24, 2.45) is 5.73 Å². The lowest BCUT2D eigenvalue weighted by molar-refractivity contribution is 0.0927. The van der Waals surface area contributed by atoms with Gasteiger partial charge in [-0.25, -0.2) is 14.3 Å². The van der Waals surface area contributed by atoms with Gasteiger partial charge in [0.05, 0.1) is 18.3 Å². The van der Waals surface area contributed by atoms with Crippen molar-refractivity contribution < 1.29 is 4.79 Å². The summed E-state index contributed by atoms with van der Waals surface area (Å²) in [5.41, 5.74) is 6.28. The first kappa shape index (κ1) is 17.5. The number of nitrogens with one attached hydrogen (secondary N) is 1. The molecule has 9 heteroatoms. The Hall–Kier alpha value is -2.29. The van der Waals surface area contributed by atoms with Crippen LogP contribution in [0.5, 0.6) is 0 Å². The van der Waals surface area contributed by atoms with Crippen LogP contribution in [0.25, 0.3) is 0 Å². The zero-order chi connectivity index (χ0) is 17.8. The lowest BCUT2D eigenvalue weighted by atomic mass is 9.92. The molecule has 136 valence electrons. The van der Waals surface area contributed by atoms with E-state index in [1.807, 2.05) is 13.8 Å². The van der Waals surface area contributed by atoms with Crippen molar-refractivity contribution in [1.29, 1.82) is 0 Å². The van der Waals surface area contributed by atoms with Gasteiger partial charge in [-0.2, -0.15) is 5.10 Å². The minimum absolute atomic E-state index is 0.201. The molecule has 0 spiro atoms. The third kappa shape index (κ3) is 3.87. The molecule has 0 bridgehead atoms. The van der Waals surface area contributed by atoms with E-state index < -0.39 is 0 Å². The van der Waals surface area contributed by atoms with Crippen molar-refractivity contribution in [3.8, 4) is 0 Å². The summed E-state index contributed by atoms with van der Waals surface area (Å²) in [7, 11) is 0. The Morgan fingerprint density at radius 1 is 1.36 bits per heavy atom. The summed E-state index contributed by atoms with van der Waals surface area (Å²) in [6.07, 6.45) is 7.88. The van der Waals surface area contributed by atoms with E-state index in [9.17, 15) is 4.79 Å². The summed E-state index contributed by atoms with van der Waals surface area (Å²) in [6, 6.07) is 0.357. The number of nitrogens with zero attached hydrogens (tertiary/aromatic N) is 6. The van der Waals surface area contributed by atoms with Crippen molar-refractivity contribution in [3.05, 3.63) is 24.0 Å². The van der Waals surface area contributed by atoms with E-state index >= 15 is 0 Å². The quantitative estimate of drug-likeness (QED) is 0.812. The third-order valence-electron chi connectivity index (χ3n) is 4.83. The van der Waals surface area contributed by atoms with Crippen molar-refractivity contribution >= 4 is 5.91 Å². The molecular formula is C16H26N8O. The predicted molar refractivity (Wildman–Crippen MR) is 91.7 cm³/mol. The second-order valence-electron chi connectivity index (χ2n) is 6.52. The smallest absolute Gasteiger partial charge is 0.274 e. The van der Waals surface area contributed by atoms with E-state index in [0.717, 1.165) is 37.9 Å². The number of aryl methyl sites for hydroxylation is 1. The summed E-state index contributed by atoms with van der Waals surface area (Å²) >= 11 is 0. The fourth-order valence-electron chi connectivity index (χ4n) is 3.29. The van der Waals surface area contributed by atoms with Crippen LogP contribution >= 0.6 is 0 Å². The number of aromatic nitrogens is 6. The molecule has 1 aliphatic rings. The maximum atomic E-state index is 12.6. The maximum absolute atomic E-state index is 12.6. The van der Waals surface area contributed by atoms with Crippen molar-refractivity contribution in [2.45, 2.75) is 70.6 Å². The van der Waals surface area contributed by atoms with Crippen LogP contribution in [0, 0.1) is 0 Å². The largest absolute Gasteiger partial charge is 0.341 e. The monoisotopic (exact) mass is 346 g/mol. The van der Waals surface area contributed by atoms with E-state index in [2.05, 4.69) is 25.7 Å². The molecule has 2 heterocycles. The lowest BCUT2D eigenvalue weighted by Crippen LogP contribution is -2.30. The molecular weight excluding hydrogens is 320 g/mol. The van der Waals surface area contributed by atoms with E-state index in [1.165, 1.54) is 6.33 Å². The Labute approximate surface area is 147 Å². The molecule has 1 saturated carbocycles. The van der Waals surface area contributed by atoms with Crippen molar-refractivity contribution in [1.82, 2.24) is 35.1 Å². The van der Waals surface area contributed by atoms with Crippen LogP contribution < -0.4 is 11.1 Å². The summed E-state index contributed by atoms with van der Waals surface area (Å²) in [5, 5.41) is 15.3. The number of carbonyl (C=O) groups is 1. The second-order valence-corrected chi connectivity index (χ2v) is 6.52. The number of nitrogens with two attached hydrogens (primary N) is 1. The number of hydrogen-bond acceptors (Lipinski definition) is 6. The van der Waals surface area contributed by atoms with Crippen LogP contribution in [-0.4, -0.2) is 41.7 Å². The minimum Gasteiger partial charge on any atom is -0.341 e. The highest BCUT2D eigenvalue weighted by molar-refractivity contribution is 5.92. The van der Waals surface area contributed by atoms with Gasteiger partial charge in [-0.1, -0.05) is 12.1 Å². The first-order valence-electron chi connectivity index (χ1n) is 8.98. The van der Waals surface area contributed by atoms with Gasteiger partial charge >= 0.3 is 0 Å². The first-order chi connectivity index (χ1) is 12.1. The Balaban J connectivity index is 1.67. The topological polar surface area (TPSA) is 117 Å². The molecule has 9 nitrogen and oxygen atoms in total. The van der Waals surface area contributed by atoms with Gasteiger partial charge in [0, 0.05) is 12.6 Å². The molecule has 2 aromatic rings. The Bertz CT molecular complexity index is 701. The molecule has 2 aromatic heterocycles. The molecule has 1 fully saturated rings. The molecule has 0 aromatic carbocycles. The molecule has 0 unspecified atom stereocenters. The number of hydrogen-bond donors (Lipinski definition) is 2. The Kier molecular flexibility index (Phi) is 5.42. The number of amides is 1. The standard InChI is InChI=1S/C16H26N8O/c1-3-13(15-18-10-19-23(15)4-2)20-16(25)14-9-24(22-21-14)12-7-5-11(17)6-8-12/h9-13H,3-8,17H2,1-2H3,(H,20,25)/t11?,12?,13-/m1/s1. The maximum Gasteiger partial charge on any atom is 0.274 e. The van der Waals surface area contributed by atoms with E-state index in [1.54, 1.807) is 15.6 Å². The molecule has 3 rings (SSSR count). The van der Waals surface area contributed by atoms with Gasteiger partial charge in [0.1, 0.15) is 12.2 Å². The third-order valence-corrected chi connectivity index (χ3v) is 4.83. The van der Waals surface area contributed by atoms with Gasteiger partial charge in [0.15, 0.2) is 5.69 Å². The van der Waals surface area contributed by atoms with Crippen LogP contribution in [0.3, 0.4) is 0 Å². The van der Waals surface area contributed by atoms with E-state index in [-0.39, 0.29) is 24.0 Å². The van der Waals surface area contributed by atoms with Crippen LogP contribution in [0.15, 0.2) is 12.5 Å². The van der Waals surface area contributed by atoms with Gasteiger partial charge in [0.25, 0.3) is 5.91 Å². The van der Waals surface area contributed by atoms with Gasteiger partial charge in [-0.05, 0) is 39.0 Å². The summed E-state index contributed by atoms with van der Waals surface area (Å²) in [6.45, 7) is 4.71. The molecule has 1 amide bonds. The molecule has 0 radical (unpaired) electrons. The molecule has 0 saturated heterocycles. The molecule has 1 atom stereocenters. The molecule has 25 heavy (non-hydrogen) atoms. The zero-order valence-electron chi connectivity index (χ0n) is 14.8. The van der Waals surface area contributed by atoms with E-state index in [4.69, 9.17) is 5.73 Å². The lowest BCUT2D eigenvalue weighted by Gasteiger charge is -2.25. The average Bonchev–Trinajstić information content (AvgIpc) is 3.29. The highest BCUT2D eigenvalue weighted by Gasteiger charge is 2.24. The van der Waals surface area contributed by atoms with Crippen molar-refractivity contribution in [3.63, 3.8) is 0 Å². The molecule has 1 aliphatic carbocycles. The highest BCUT2D eigenvalue weighted by Crippen LogP contribution is 2.26. The number of carbonyl (C=O) groups excluding carboxylic acids is 1. The van der Waals surface area contributed by atoms with E-state index in [0.29, 0.717) is 12.2 Å². The molecule has 3 N–H and O–H groups in total. The van der Waals surface area contributed by atoms with Gasteiger partial charge in [-0.3, -0.25) is 4.79 Å². The minimum atomic E-state index is -0.240. The number of rotatable bonds is 6.